The molecule has 2 heterocycles. The number of amides is 1. The van der Waals surface area contributed by atoms with Crippen molar-refractivity contribution in [3.63, 3.8) is 0 Å². The quantitative estimate of drug-likeness (QED) is 0.789. The number of ether oxygens (including phenoxy) is 1. The van der Waals surface area contributed by atoms with Crippen LogP contribution in [0.1, 0.15) is 44.0 Å². The minimum atomic E-state index is -0.172. The lowest BCUT2D eigenvalue weighted by atomic mass is 10.0. The van der Waals surface area contributed by atoms with Gasteiger partial charge in [-0.05, 0) is 45.1 Å². The van der Waals surface area contributed by atoms with Crippen LogP contribution in [-0.2, 0) is 4.74 Å². The zero-order chi connectivity index (χ0) is 14.7. The van der Waals surface area contributed by atoms with E-state index in [-0.39, 0.29) is 23.9 Å². The molecule has 2 atom stereocenters. The number of nitrogens with two attached hydrogens (primary N) is 1. The lowest BCUT2D eigenvalue weighted by Gasteiger charge is -2.28. The predicted molar refractivity (Wildman–Crippen MR) is 81.2 cm³/mol. The SMILES string of the molecule is CC(C)NC(=O)c1c(N)nsc1NC1CCOC(C)C1. The fourth-order valence-electron chi connectivity index (χ4n) is 2.27. The molecule has 0 radical (unpaired) electrons. The lowest BCUT2D eigenvalue weighted by molar-refractivity contribution is 0.0233. The average Bonchev–Trinajstić information content (AvgIpc) is 2.69. The number of carbonyl (C=O) groups is 1. The van der Waals surface area contributed by atoms with Crippen molar-refractivity contribution in [2.24, 2.45) is 0 Å². The third kappa shape index (κ3) is 3.61. The molecule has 2 rings (SSSR count). The smallest absolute Gasteiger partial charge is 0.258 e. The van der Waals surface area contributed by atoms with Gasteiger partial charge in [-0.15, -0.1) is 0 Å². The van der Waals surface area contributed by atoms with Gasteiger partial charge in [-0.25, -0.2) is 0 Å². The second kappa shape index (κ2) is 6.41. The molecular formula is C13H22N4O2S. The van der Waals surface area contributed by atoms with E-state index in [0.29, 0.717) is 11.6 Å². The normalized spacial score (nSPS) is 22.8. The molecule has 1 saturated heterocycles. The summed E-state index contributed by atoms with van der Waals surface area (Å²) in [6.45, 7) is 6.63. The number of carbonyl (C=O) groups excluding carboxylic acids is 1. The molecule has 0 saturated carbocycles. The van der Waals surface area contributed by atoms with Gasteiger partial charge in [-0.1, -0.05) is 0 Å². The van der Waals surface area contributed by atoms with Gasteiger partial charge in [0.15, 0.2) is 5.82 Å². The largest absolute Gasteiger partial charge is 0.382 e. The van der Waals surface area contributed by atoms with E-state index >= 15 is 0 Å². The fourth-order valence-corrected chi connectivity index (χ4v) is 3.06. The molecule has 7 heteroatoms. The summed E-state index contributed by atoms with van der Waals surface area (Å²) in [6.07, 6.45) is 2.08. The molecule has 2 unspecified atom stereocenters. The van der Waals surface area contributed by atoms with Crippen molar-refractivity contribution in [2.75, 3.05) is 17.7 Å². The molecule has 6 nitrogen and oxygen atoms in total. The van der Waals surface area contributed by atoms with Crippen molar-refractivity contribution in [1.29, 1.82) is 0 Å². The Bertz CT molecular complexity index is 475. The molecule has 1 aromatic rings. The maximum absolute atomic E-state index is 12.2. The standard InChI is InChI=1S/C13H22N4O2S/c1-7(2)15-12(18)10-11(14)17-20-13(10)16-9-4-5-19-8(3)6-9/h7-9,16H,4-6H2,1-3H3,(H2,14,17)(H,15,18). The number of hydrogen-bond donors (Lipinski definition) is 3. The van der Waals surface area contributed by atoms with E-state index in [1.165, 1.54) is 11.5 Å². The van der Waals surface area contributed by atoms with Gasteiger partial charge < -0.3 is 21.1 Å². The Hall–Kier alpha value is -1.34. The van der Waals surface area contributed by atoms with Gasteiger partial charge in [0.05, 0.1) is 6.10 Å². The number of nitrogen functional groups attached to an aromatic ring is 1. The van der Waals surface area contributed by atoms with E-state index in [1.54, 1.807) is 0 Å². The van der Waals surface area contributed by atoms with Crippen LogP contribution in [0.2, 0.25) is 0 Å². The second-order valence-electron chi connectivity index (χ2n) is 5.45. The number of hydrogen-bond acceptors (Lipinski definition) is 6. The molecule has 1 aliphatic rings. The highest BCUT2D eigenvalue weighted by atomic mass is 32.1. The Morgan fingerprint density at radius 1 is 1.55 bits per heavy atom. The zero-order valence-electron chi connectivity index (χ0n) is 12.1. The molecule has 0 spiro atoms. The maximum Gasteiger partial charge on any atom is 0.258 e. The summed E-state index contributed by atoms with van der Waals surface area (Å²) in [5, 5.41) is 7.00. The maximum atomic E-state index is 12.2. The number of nitrogens with zero attached hydrogens (tertiary/aromatic N) is 1. The van der Waals surface area contributed by atoms with E-state index in [1.807, 2.05) is 13.8 Å². The van der Waals surface area contributed by atoms with Crippen LogP contribution in [0.15, 0.2) is 0 Å². The summed E-state index contributed by atoms with van der Waals surface area (Å²) in [7, 11) is 0. The van der Waals surface area contributed by atoms with Gasteiger partial charge in [0.2, 0.25) is 0 Å². The summed E-state index contributed by atoms with van der Waals surface area (Å²) >= 11 is 1.24. The first-order valence-corrected chi connectivity index (χ1v) is 7.69. The van der Waals surface area contributed by atoms with Crippen LogP contribution in [0.3, 0.4) is 0 Å². The Kier molecular flexibility index (Phi) is 4.82. The summed E-state index contributed by atoms with van der Waals surface area (Å²) in [6, 6.07) is 0.363. The highest BCUT2D eigenvalue weighted by molar-refractivity contribution is 7.11. The monoisotopic (exact) mass is 298 g/mol. The Morgan fingerprint density at radius 3 is 2.95 bits per heavy atom. The van der Waals surface area contributed by atoms with Gasteiger partial charge in [0.1, 0.15) is 10.6 Å². The van der Waals surface area contributed by atoms with Gasteiger partial charge in [-0.3, -0.25) is 4.79 Å². The Balaban J connectivity index is 2.10. The first kappa shape index (κ1) is 15.1. The topological polar surface area (TPSA) is 89.3 Å². The highest BCUT2D eigenvalue weighted by Crippen LogP contribution is 2.29. The number of nitrogens with one attached hydrogen (secondary N) is 2. The molecule has 20 heavy (non-hydrogen) atoms. The van der Waals surface area contributed by atoms with Crippen molar-refractivity contribution in [3.8, 4) is 0 Å². The fraction of sp³-hybridized carbons (Fsp3) is 0.692. The summed E-state index contributed by atoms with van der Waals surface area (Å²) in [5.41, 5.74) is 6.29. The van der Waals surface area contributed by atoms with Crippen LogP contribution in [0.5, 0.6) is 0 Å². The predicted octanol–water partition coefficient (Wildman–Crippen LogP) is 1.84. The van der Waals surface area contributed by atoms with E-state index in [2.05, 4.69) is 21.9 Å². The van der Waals surface area contributed by atoms with Crippen molar-refractivity contribution in [2.45, 2.75) is 51.8 Å². The van der Waals surface area contributed by atoms with Crippen molar-refractivity contribution in [1.82, 2.24) is 9.69 Å². The third-order valence-electron chi connectivity index (χ3n) is 3.19. The zero-order valence-corrected chi connectivity index (χ0v) is 12.9. The van der Waals surface area contributed by atoms with Crippen molar-refractivity contribution >= 4 is 28.3 Å². The molecular weight excluding hydrogens is 276 g/mol. The lowest BCUT2D eigenvalue weighted by Crippen LogP contribution is -2.34. The van der Waals surface area contributed by atoms with Crippen LogP contribution >= 0.6 is 11.5 Å². The Morgan fingerprint density at radius 2 is 2.30 bits per heavy atom. The minimum Gasteiger partial charge on any atom is -0.382 e. The van der Waals surface area contributed by atoms with Crippen molar-refractivity contribution in [3.05, 3.63) is 5.56 Å². The second-order valence-corrected chi connectivity index (χ2v) is 6.22. The van der Waals surface area contributed by atoms with E-state index < -0.39 is 0 Å². The average molecular weight is 298 g/mol. The van der Waals surface area contributed by atoms with Gasteiger partial charge in [-0.2, -0.15) is 4.37 Å². The van der Waals surface area contributed by atoms with Gasteiger partial charge in [0, 0.05) is 18.7 Å². The Labute approximate surface area is 123 Å². The first-order valence-electron chi connectivity index (χ1n) is 6.91. The minimum absolute atomic E-state index is 0.0674. The molecule has 4 N–H and O–H groups in total. The molecule has 1 fully saturated rings. The number of anilines is 2. The van der Waals surface area contributed by atoms with Gasteiger partial charge >= 0.3 is 0 Å². The van der Waals surface area contributed by atoms with Crippen LogP contribution in [0.4, 0.5) is 10.8 Å². The van der Waals surface area contributed by atoms with Crippen LogP contribution in [0.25, 0.3) is 0 Å². The van der Waals surface area contributed by atoms with E-state index in [4.69, 9.17) is 10.5 Å². The van der Waals surface area contributed by atoms with Crippen molar-refractivity contribution < 1.29 is 9.53 Å². The van der Waals surface area contributed by atoms with E-state index in [0.717, 1.165) is 24.4 Å². The summed E-state index contributed by atoms with van der Waals surface area (Å²) < 4.78 is 9.62. The van der Waals surface area contributed by atoms with Gasteiger partial charge in [0.25, 0.3) is 5.91 Å². The number of rotatable bonds is 4. The molecule has 112 valence electrons. The summed E-state index contributed by atoms with van der Waals surface area (Å²) in [4.78, 5) is 12.2. The molecule has 1 aliphatic heterocycles. The molecule has 0 aliphatic carbocycles. The van der Waals surface area contributed by atoms with Crippen LogP contribution in [0, 0.1) is 0 Å². The van der Waals surface area contributed by atoms with E-state index in [9.17, 15) is 4.79 Å². The molecule has 1 amide bonds. The molecule has 0 aromatic carbocycles. The highest BCUT2D eigenvalue weighted by Gasteiger charge is 2.24. The molecule has 1 aromatic heterocycles. The molecule has 0 bridgehead atoms. The first-order chi connectivity index (χ1) is 9.47. The summed E-state index contributed by atoms with van der Waals surface area (Å²) in [5.74, 6) is 0.115. The number of aromatic nitrogens is 1. The van der Waals surface area contributed by atoms with Crippen LogP contribution < -0.4 is 16.4 Å². The van der Waals surface area contributed by atoms with Crippen LogP contribution in [-0.4, -0.2) is 35.1 Å². The third-order valence-corrected chi connectivity index (χ3v) is 3.98.